The van der Waals surface area contributed by atoms with Gasteiger partial charge in [-0.15, -0.1) is 11.3 Å². The summed E-state index contributed by atoms with van der Waals surface area (Å²) in [4.78, 5) is 38.7. The average molecular weight is 372 g/mol. The number of thiazole rings is 1. The van der Waals surface area contributed by atoms with E-state index in [0.29, 0.717) is 11.6 Å². The van der Waals surface area contributed by atoms with Crippen LogP contribution in [0, 0.1) is 6.92 Å². The van der Waals surface area contributed by atoms with Crippen molar-refractivity contribution in [3.63, 3.8) is 0 Å². The van der Waals surface area contributed by atoms with Gasteiger partial charge in [0.2, 0.25) is 5.95 Å². The summed E-state index contributed by atoms with van der Waals surface area (Å²) in [5.41, 5.74) is 1.95. The molecular formula is C17H20N6O2S. The third kappa shape index (κ3) is 2.88. The summed E-state index contributed by atoms with van der Waals surface area (Å²) in [6, 6.07) is 1.63. The van der Waals surface area contributed by atoms with E-state index >= 15 is 0 Å². The summed E-state index contributed by atoms with van der Waals surface area (Å²) < 4.78 is 1.83. The summed E-state index contributed by atoms with van der Waals surface area (Å²) in [5.74, 6) is 0.633. The molecule has 26 heavy (non-hydrogen) atoms. The molecule has 1 fully saturated rings. The van der Waals surface area contributed by atoms with E-state index in [-0.39, 0.29) is 23.4 Å². The standard InChI is InChI=1S/C17H20N6O2S/c1-9-14(23-4-5-26-17(23)18-9)15(25)19-11-6-10(7-11)12-8-13(24)21-16(20-12)22(2)3/h4-5,8,10-11H,6-7H2,1-3H3,(H,19,25)(H,20,21,24). The quantitative estimate of drug-likeness (QED) is 0.724. The van der Waals surface area contributed by atoms with Gasteiger partial charge in [-0.25, -0.2) is 9.97 Å². The van der Waals surface area contributed by atoms with Crippen molar-refractivity contribution in [1.82, 2.24) is 24.7 Å². The number of fused-ring (bicyclic) bond motifs is 1. The van der Waals surface area contributed by atoms with Gasteiger partial charge in [-0.3, -0.25) is 19.0 Å². The highest BCUT2D eigenvalue weighted by molar-refractivity contribution is 7.15. The van der Waals surface area contributed by atoms with Gasteiger partial charge in [0, 0.05) is 43.7 Å². The molecule has 2 N–H and O–H groups in total. The van der Waals surface area contributed by atoms with Crippen molar-refractivity contribution in [2.45, 2.75) is 31.7 Å². The van der Waals surface area contributed by atoms with Crippen molar-refractivity contribution < 1.29 is 4.79 Å². The molecule has 0 aliphatic heterocycles. The van der Waals surface area contributed by atoms with E-state index in [9.17, 15) is 9.59 Å². The van der Waals surface area contributed by atoms with Crippen LogP contribution in [0.2, 0.25) is 0 Å². The number of aromatic amines is 1. The number of carbonyl (C=O) groups is 1. The van der Waals surface area contributed by atoms with Gasteiger partial charge in [0.05, 0.1) is 11.4 Å². The van der Waals surface area contributed by atoms with E-state index in [1.807, 2.05) is 37.0 Å². The molecule has 8 nitrogen and oxygen atoms in total. The third-order valence-corrected chi connectivity index (χ3v) is 5.47. The van der Waals surface area contributed by atoms with Crippen LogP contribution in [0.3, 0.4) is 0 Å². The van der Waals surface area contributed by atoms with Crippen LogP contribution < -0.4 is 15.8 Å². The molecule has 1 amide bonds. The Balaban J connectivity index is 1.44. The number of aryl methyl sites for hydroxylation is 1. The van der Waals surface area contributed by atoms with Gasteiger partial charge in [-0.05, 0) is 19.8 Å². The van der Waals surface area contributed by atoms with Crippen LogP contribution in [0.25, 0.3) is 4.96 Å². The zero-order valence-electron chi connectivity index (χ0n) is 14.8. The highest BCUT2D eigenvalue weighted by atomic mass is 32.1. The van der Waals surface area contributed by atoms with Crippen LogP contribution in [0.15, 0.2) is 22.4 Å². The average Bonchev–Trinajstić information content (AvgIpc) is 3.09. The maximum absolute atomic E-state index is 12.6. The van der Waals surface area contributed by atoms with Crippen LogP contribution in [0.4, 0.5) is 5.95 Å². The van der Waals surface area contributed by atoms with Gasteiger partial charge in [0.25, 0.3) is 11.5 Å². The third-order valence-electron chi connectivity index (χ3n) is 4.72. The first-order valence-corrected chi connectivity index (χ1v) is 9.32. The summed E-state index contributed by atoms with van der Waals surface area (Å²) in [7, 11) is 3.68. The second-order valence-electron chi connectivity index (χ2n) is 6.83. The molecule has 0 radical (unpaired) electrons. The van der Waals surface area contributed by atoms with Gasteiger partial charge in [-0.1, -0.05) is 0 Å². The molecule has 0 saturated heterocycles. The number of carbonyl (C=O) groups excluding carboxylic acids is 1. The number of hydrogen-bond acceptors (Lipinski definition) is 6. The van der Waals surface area contributed by atoms with Crippen molar-refractivity contribution in [2.75, 3.05) is 19.0 Å². The number of nitrogens with zero attached hydrogens (tertiary/aromatic N) is 4. The molecule has 0 unspecified atom stereocenters. The lowest BCUT2D eigenvalue weighted by atomic mass is 9.78. The Morgan fingerprint density at radius 3 is 2.88 bits per heavy atom. The van der Waals surface area contributed by atoms with Crippen LogP contribution in [-0.2, 0) is 0 Å². The molecule has 1 aliphatic carbocycles. The molecule has 3 aromatic rings. The summed E-state index contributed by atoms with van der Waals surface area (Å²) in [5, 5.41) is 4.99. The topological polar surface area (TPSA) is 95.4 Å². The Hall–Kier alpha value is -2.68. The van der Waals surface area contributed by atoms with Gasteiger partial charge in [0.15, 0.2) is 4.96 Å². The Bertz CT molecular complexity index is 1030. The number of imidazole rings is 1. The fraction of sp³-hybridized carbons (Fsp3) is 0.412. The Kier molecular flexibility index (Phi) is 4.03. The summed E-state index contributed by atoms with van der Waals surface area (Å²) in [6.07, 6.45) is 3.42. The molecule has 0 atom stereocenters. The SMILES string of the molecule is Cc1nc2sccn2c1C(=O)NC1CC(c2cc(=O)[nH]c(N(C)C)n2)C1. The maximum Gasteiger partial charge on any atom is 0.270 e. The molecule has 3 aromatic heterocycles. The summed E-state index contributed by atoms with van der Waals surface area (Å²) in [6.45, 7) is 1.85. The van der Waals surface area contributed by atoms with Crippen LogP contribution in [0.1, 0.15) is 40.6 Å². The van der Waals surface area contributed by atoms with E-state index in [1.54, 1.807) is 11.0 Å². The lowest BCUT2D eigenvalue weighted by molar-refractivity contribution is 0.0901. The van der Waals surface area contributed by atoms with Crippen LogP contribution in [-0.4, -0.2) is 45.4 Å². The fourth-order valence-corrected chi connectivity index (χ4v) is 4.04. The molecule has 0 spiro atoms. The van der Waals surface area contributed by atoms with Crippen molar-refractivity contribution in [2.24, 2.45) is 0 Å². The minimum atomic E-state index is -0.152. The minimum absolute atomic E-state index is 0.0833. The number of nitrogens with one attached hydrogen (secondary N) is 2. The monoisotopic (exact) mass is 372 g/mol. The first-order chi connectivity index (χ1) is 12.4. The number of amides is 1. The Labute approximate surface area is 153 Å². The maximum atomic E-state index is 12.6. The van der Waals surface area contributed by atoms with Crippen LogP contribution >= 0.6 is 11.3 Å². The molecule has 0 aromatic carbocycles. The van der Waals surface area contributed by atoms with E-state index in [1.165, 1.54) is 11.3 Å². The molecular weight excluding hydrogens is 352 g/mol. The second kappa shape index (κ2) is 6.24. The fourth-order valence-electron chi connectivity index (χ4n) is 3.28. The van der Waals surface area contributed by atoms with E-state index in [0.717, 1.165) is 29.2 Å². The van der Waals surface area contributed by atoms with Crippen molar-refractivity contribution in [3.8, 4) is 0 Å². The Morgan fingerprint density at radius 2 is 2.15 bits per heavy atom. The van der Waals surface area contributed by atoms with Gasteiger partial charge < -0.3 is 10.2 Å². The molecule has 3 heterocycles. The van der Waals surface area contributed by atoms with Crippen molar-refractivity contribution in [3.05, 3.63) is 45.1 Å². The second-order valence-corrected chi connectivity index (χ2v) is 7.70. The van der Waals surface area contributed by atoms with Crippen molar-refractivity contribution >= 4 is 28.2 Å². The molecule has 136 valence electrons. The molecule has 0 bridgehead atoms. The van der Waals surface area contributed by atoms with E-state index < -0.39 is 0 Å². The van der Waals surface area contributed by atoms with Gasteiger partial charge in [0.1, 0.15) is 5.69 Å². The molecule has 1 saturated carbocycles. The van der Waals surface area contributed by atoms with Crippen LogP contribution in [0.5, 0.6) is 0 Å². The molecule has 1 aliphatic rings. The molecule has 9 heteroatoms. The smallest absolute Gasteiger partial charge is 0.270 e. The zero-order chi connectivity index (χ0) is 18.4. The highest BCUT2D eigenvalue weighted by Gasteiger charge is 2.34. The largest absolute Gasteiger partial charge is 0.348 e. The number of H-pyrrole nitrogens is 1. The van der Waals surface area contributed by atoms with Crippen molar-refractivity contribution in [1.29, 1.82) is 0 Å². The normalized spacial score (nSPS) is 19.3. The van der Waals surface area contributed by atoms with Gasteiger partial charge >= 0.3 is 0 Å². The van der Waals surface area contributed by atoms with E-state index in [2.05, 4.69) is 20.3 Å². The first-order valence-electron chi connectivity index (χ1n) is 8.44. The number of aromatic nitrogens is 4. The number of rotatable bonds is 4. The summed E-state index contributed by atoms with van der Waals surface area (Å²) >= 11 is 1.51. The zero-order valence-corrected chi connectivity index (χ0v) is 15.6. The van der Waals surface area contributed by atoms with Gasteiger partial charge in [-0.2, -0.15) is 0 Å². The predicted octanol–water partition coefficient (Wildman–Crippen LogP) is 1.53. The highest BCUT2D eigenvalue weighted by Crippen LogP contribution is 2.36. The number of anilines is 1. The lowest BCUT2D eigenvalue weighted by Crippen LogP contribution is -2.44. The predicted molar refractivity (Wildman–Crippen MR) is 100 cm³/mol. The Morgan fingerprint density at radius 1 is 1.38 bits per heavy atom. The first kappa shape index (κ1) is 16.8. The number of hydrogen-bond donors (Lipinski definition) is 2. The lowest BCUT2D eigenvalue weighted by Gasteiger charge is -2.35. The molecule has 4 rings (SSSR count). The van der Waals surface area contributed by atoms with E-state index in [4.69, 9.17) is 0 Å². The minimum Gasteiger partial charge on any atom is -0.348 e.